The van der Waals surface area contributed by atoms with Gasteiger partial charge in [-0.3, -0.25) is 19.3 Å². The van der Waals surface area contributed by atoms with Gasteiger partial charge in [-0.15, -0.1) is 0 Å². The molecule has 0 aromatic heterocycles. The number of allylic oxidation sites excluding steroid dienone is 1. The number of nitrogens with zero attached hydrogens (tertiary/aromatic N) is 2. The number of amides is 3. The van der Waals surface area contributed by atoms with Gasteiger partial charge in [0, 0.05) is 52.3 Å². The second-order valence-corrected chi connectivity index (χ2v) is 8.99. The molecule has 0 bridgehead atoms. The Bertz CT molecular complexity index is 694. The standard InChI is InChI=1S/C23H38N4O5/c1-16-6-7-17-19(18(16)21(29)24-2)23(31)27(9-4-3-5-13-28)20(17)22(30)25-8-10-26-11-14-32-15-12-26/h6-7,16-20,28H,3-5,8-15H2,1-2H3,(H,24,29)(H,25,30)/t16-,17+,18-,19+,20+/m1/s1. The van der Waals surface area contributed by atoms with Crippen LogP contribution in [0.5, 0.6) is 0 Å². The van der Waals surface area contributed by atoms with Crippen molar-refractivity contribution in [3.63, 3.8) is 0 Å². The summed E-state index contributed by atoms with van der Waals surface area (Å²) < 4.78 is 5.37. The zero-order chi connectivity index (χ0) is 23.1. The third-order valence-electron chi connectivity index (χ3n) is 6.98. The molecule has 0 aromatic rings. The highest BCUT2D eigenvalue weighted by molar-refractivity contribution is 5.96. The van der Waals surface area contributed by atoms with Gasteiger partial charge in [0.25, 0.3) is 0 Å². The summed E-state index contributed by atoms with van der Waals surface area (Å²) in [4.78, 5) is 43.3. The second-order valence-electron chi connectivity index (χ2n) is 8.99. The minimum atomic E-state index is -0.609. The number of aliphatic hydroxyl groups is 1. The fraction of sp³-hybridized carbons (Fsp3) is 0.783. The Morgan fingerprint density at radius 1 is 1.12 bits per heavy atom. The number of likely N-dealkylation sites (tertiary alicyclic amines) is 1. The van der Waals surface area contributed by atoms with E-state index >= 15 is 0 Å². The van der Waals surface area contributed by atoms with Gasteiger partial charge in [-0.1, -0.05) is 19.1 Å². The van der Waals surface area contributed by atoms with Gasteiger partial charge in [0.2, 0.25) is 17.7 Å². The average molecular weight is 451 g/mol. The third-order valence-corrected chi connectivity index (χ3v) is 6.98. The summed E-state index contributed by atoms with van der Waals surface area (Å²) in [6, 6.07) is -0.609. The molecular formula is C23H38N4O5. The topological polar surface area (TPSA) is 111 Å². The van der Waals surface area contributed by atoms with Crippen LogP contribution >= 0.6 is 0 Å². The van der Waals surface area contributed by atoms with E-state index in [1.807, 2.05) is 19.1 Å². The highest BCUT2D eigenvalue weighted by Gasteiger charge is 2.56. The van der Waals surface area contributed by atoms with Crippen LogP contribution in [0.25, 0.3) is 0 Å². The summed E-state index contributed by atoms with van der Waals surface area (Å²) in [6.45, 7) is 6.90. The lowest BCUT2D eigenvalue weighted by Gasteiger charge is -2.32. The van der Waals surface area contributed by atoms with Crippen molar-refractivity contribution >= 4 is 17.7 Å². The van der Waals surface area contributed by atoms with Crippen LogP contribution < -0.4 is 10.6 Å². The molecule has 2 fully saturated rings. The van der Waals surface area contributed by atoms with E-state index in [2.05, 4.69) is 15.5 Å². The SMILES string of the molecule is CNC(=O)[C@H]1[C@H]2C(=O)N(CCCCCO)[C@H](C(=O)NCCN3CCOCC3)[C@H]2C=C[C@H]1C. The fourth-order valence-electron chi connectivity index (χ4n) is 5.24. The Hall–Kier alpha value is -1.97. The molecule has 2 saturated heterocycles. The van der Waals surface area contributed by atoms with Crippen LogP contribution in [0, 0.1) is 23.7 Å². The van der Waals surface area contributed by atoms with Gasteiger partial charge in [-0.25, -0.2) is 0 Å². The van der Waals surface area contributed by atoms with Crippen LogP contribution in [0.2, 0.25) is 0 Å². The minimum absolute atomic E-state index is 0.0699. The van der Waals surface area contributed by atoms with E-state index in [9.17, 15) is 14.4 Å². The van der Waals surface area contributed by atoms with E-state index in [-0.39, 0.29) is 36.2 Å². The van der Waals surface area contributed by atoms with E-state index in [1.165, 1.54) is 0 Å². The Balaban J connectivity index is 1.73. The first-order chi connectivity index (χ1) is 15.5. The van der Waals surface area contributed by atoms with Crippen LogP contribution in [0.15, 0.2) is 12.2 Å². The maximum Gasteiger partial charge on any atom is 0.243 e. The lowest BCUT2D eigenvalue weighted by atomic mass is 9.70. The zero-order valence-electron chi connectivity index (χ0n) is 19.3. The normalized spacial score (nSPS) is 30.3. The number of carbonyl (C=O) groups is 3. The molecule has 5 atom stereocenters. The molecule has 0 spiro atoms. The number of morpholine rings is 1. The smallest absolute Gasteiger partial charge is 0.243 e. The van der Waals surface area contributed by atoms with Crippen molar-refractivity contribution in [1.82, 2.24) is 20.4 Å². The summed E-state index contributed by atoms with van der Waals surface area (Å²) in [5.74, 6) is -1.81. The van der Waals surface area contributed by atoms with Crippen molar-refractivity contribution < 1.29 is 24.2 Å². The molecule has 2 aliphatic heterocycles. The summed E-state index contributed by atoms with van der Waals surface area (Å²) in [5, 5.41) is 14.8. The van der Waals surface area contributed by atoms with Gasteiger partial charge < -0.3 is 25.4 Å². The molecular weight excluding hydrogens is 412 g/mol. The largest absolute Gasteiger partial charge is 0.396 e. The molecule has 9 nitrogen and oxygen atoms in total. The summed E-state index contributed by atoms with van der Waals surface area (Å²) in [5.41, 5.74) is 0. The van der Waals surface area contributed by atoms with E-state index in [1.54, 1.807) is 11.9 Å². The Morgan fingerprint density at radius 3 is 2.56 bits per heavy atom. The van der Waals surface area contributed by atoms with Crippen LogP contribution in [0.3, 0.4) is 0 Å². The Kier molecular flexibility index (Phi) is 9.07. The summed E-state index contributed by atoms with van der Waals surface area (Å²) in [6.07, 6.45) is 6.10. The van der Waals surface area contributed by atoms with Crippen LogP contribution in [0.4, 0.5) is 0 Å². The molecule has 3 N–H and O–H groups in total. The Morgan fingerprint density at radius 2 is 1.88 bits per heavy atom. The molecule has 0 saturated carbocycles. The van der Waals surface area contributed by atoms with Crippen LogP contribution in [0.1, 0.15) is 26.2 Å². The van der Waals surface area contributed by atoms with E-state index in [0.29, 0.717) is 39.1 Å². The number of fused-ring (bicyclic) bond motifs is 1. The number of unbranched alkanes of at least 4 members (excludes halogenated alkanes) is 2. The quantitative estimate of drug-likeness (QED) is 0.309. The predicted octanol–water partition coefficient (Wildman–Crippen LogP) is -0.391. The molecule has 3 aliphatic rings. The van der Waals surface area contributed by atoms with Crippen molar-refractivity contribution in [2.24, 2.45) is 23.7 Å². The lowest BCUT2D eigenvalue weighted by molar-refractivity contribution is -0.140. The van der Waals surface area contributed by atoms with Gasteiger partial charge in [0.05, 0.1) is 25.0 Å². The van der Waals surface area contributed by atoms with Gasteiger partial charge in [0.1, 0.15) is 6.04 Å². The first kappa shape index (κ1) is 24.7. The number of rotatable bonds is 10. The molecule has 0 radical (unpaired) electrons. The second kappa shape index (κ2) is 11.8. The predicted molar refractivity (Wildman–Crippen MR) is 120 cm³/mol. The first-order valence-corrected chi connectivity index (χ1v) is 11.9. The molecule has 3 amide bonds. The number of nitrogens with one attached hydrogen (secondary N) is 2. The van der Waals surface area contributed by atoms with Crippen molar-refractivity contribution in [2.75, 3.05) is 59.6 Å². The number of aliphatic hydroxyl groups excluding tert-OH is 1. The highest BCUT2D eigenvalue weighted by atomic mass is 16.5. The van der Waals surface area contributed by atoms with Crippen molar-refractivity contribution in [1.29, 1.82) is 0 Å². The van der Waals surface area contributed by atoms with Gasteiger partial charge in [0.15, 0.2) is 0 Å². The maximum absolute atomic E-state index is 13.5. The van der Waals surface area contributed by atoms with Crippen molar-refractivity contribution in [3.8, 4) is 0 Å². The van der Waals surface area contributed by atoms with Crippen molar-refractivity contribution in [3.05, 3.63) is 12.2 Å². The molecule has 3 rings (SSSR count). The van der Waals surface area contributed by atoms with E-state index < -0.39 is 17.9 Å². The monoisotopic (exact) mass is 450 g/mol. The number of carbonyl (C=O) groups excluding carboxylic acids is 3. The summed E-state index contributed by atoms with van der Waals surface area (Å²) in [7, 11) is 1.59. The Labute approximate surface area is 190 Å². The number of ether oxygens (including phenoxy) is 1. The lowest BCUT2D eigenvalue weighted by Crippen LogP contribution is -2.49. The van der Waals surface area contributed by atoms with Gasteiger partial charge in [-0.2, -0.15) is 0 Å². The fourth-order valence-corrected chi connectivity index (χ4v) is 5.24. The van der Waals surface area contributed by atoms with E-state index in [4.69, 9.17) is 9.84 Å². The molecule has 180 valence electrons. The first-order valence-electron chi connectivity index (χ1n) is 11.9. The molecule has 9 heteroatoms. The molecule has 0 aromatic carbocycles. The average Bonchev–Trinajstić information content (AvgIpc) is 3.08. The number of hydrogen-bond donors (Lipinski definition) is 3. The molecule has 0 unspecified atom stereocenters. The van der Waals surface area contributed by atoms with Crippen molar-refractivity contribution in [2.45, 2.75) is 32.2 Å². The van der Waals surface area contributed by atoms with Gasteiger partial charge >= 0.3 is 0 Å². The van der Waals surface area contributed by atoms with Crippen LogP contribution in [-0.2, 0) is 19.1 Å². The highest BCUT2D eigenvalue weighted by Crippen LogP contribution is 2.44. The maximum atomic E-state index is 13.5. The molecule has 32 heavy (non-hydrogen) atoms. The number of hydrogen-bond acceptors (Lipinski definition) is 6. The van der Waals surface area contributed by atoms with Gasteiger partial charge in [-0.05, 0) is 25.2 Å². The third kappa shape index (κ3) is 5.50. The van der Waals surface area contributed by atoms with Crippen LogP contribution in [-0.4, -0.2) is 98.3 Å². The van der Waals surface area contributed by atoms with E-state index in [0.717, 1.165) is 26.1 Å². The minimum Gasteiger partial charge on any atom is -0.396 e. The zero-order valence-corrected chi connectivity index (χ0v) is 19.3. The summed E-state index contributed by atoms with van der Waals surface area (Å²) >= 11 is 0. The molecule has 2 heterocycles. The molecule has 1 aliphatic carbocycles.